The summed E-state index contributed by atoms with van der Waals surface area (Å²) in [4.78, 5) is 32.3. The Hall–Kier alpha value is -3.93. The number of nitrogens with zero attached hydrogens (tertiary/aromatic N) is 2. The molecule has 1 unspecified atom stereocenters. The van der Waals surface area contributed by atoms with Crippen LogP contribution < -0.4 is 4.74 Å². The summed E-state index contributed by atoms with van der Waals surface area (Å²) < 4.78 is 5.76. The Balaban J connectivity index is 1.82. The third-order valence-electron chi connectivity index (χ3n) is 6.62. The fourth-order valence-electron chi connectivity index (χ4n) is 4.57. The molecule has 1 aromatic heterocycles. The van der Waals surface area contributed by atoms with Gasteiger partial charge in [0, 0.05) is 24.5 Å². The van der Waals surface area contributed by atoms with Gasteiger partial charge >= 0.3 is 0 Å². The van der Waals surface area contributed by atoms with Crippen LogP contribution in [0.25, 0.3) is 5.76 Å². The number of carbonyl (C=O) groups excluding carboxylic acids is 2. The molecule has 1 aliphatic heterocycles. The molecule has 2 heterocycles. The van der Waals surface area contributed by atoms with Crippen molar-refractivity contribution in [1.29, 1.82) is 0 Å². The van der Waals surface area contributed by atoms with Crippen LogP contribution in [0, 0.1) is 6.92 Å². The van der Waals surface area contributed by atoms with E-state index in [9.17, 15) is 14.7 Å². The number of amides is 1. The first-order valence-corrected chi connectivity index (χ1v) is 12.6. The molecule has 6 heteroatoms. The maximum Gasteiger partial charge on any atom is 0.295 e. The first kappa shape index (κ1) is 26.1. The van der Waals surface area contributed by atoms with Gasteiger partial charge in [-0.2, -0.15) is 0 Å². The second-order valence-electron chi connectivity index (χ2n) is 10.5. The lowest BCUT2D eigenvalue weighted by Gasteiger charge is -2.26. The summed E-state index contributed by atoms with van der Waals surface area (Å²) in [5.74, 6) is -0.808. The van der Waals surface area contributed by atoms with Gasteiger partial charge in [0.2, 0.25) is 0 Å². The molecule has 0 bridgehead atoms. The summed E-state index contributed by atoms with van der Waals surface area (Å²) in [6.45, 7) is 11.1. The molecule has 1 saturated heterocycles. The second-order valence-corrected chi connectivity index (χ2v) is 10.5. The highest BCUT2D eigenvalue weighted by Gasteiger charge is 2.46. The SMILES string of the molecule is CCCOc1ccc(/C(O)=C2/C(=O)C(=O)N(Cc3cccnc3)C2c2ccc(C(C)(C)C)cc2)cc1C. The van der Waals surface area contributed by atoms with Crippen LogP contribution in [0.15, 0.2) is 72.6 Å². The van der Waals surface area contributed by atoms with Crippen molar-refractivity contribution in [1.82, 2.24) is 9.88 Å². The Bertz CT molecular complexity index is 1320. The van der Waals surface area contributed by atoms with Gasteiger partial charge in [0.15, 0.2) is 0 Å². The van der Waals surface area contributed by atoms with Crippen LogP contribution in [-0.4, -0.2) is 33.3 Å². The summed E-state index contributed by atoms with van der Waals surface area (Å²) in [7, 11) is 0. The van der Waals surface area contributed by atoms with Crippen LogP contribution in [-0.2, 0) is 21.5 Å². The fourth-order valence-corrected chi connectivity index (χ4v) is 4.57. The maximum atomic E-state index is 13.4. The summed E-state index contributed by atoms with van der Waals surface area (Å²) in [5.41, 5.74) is 4.05. The molecule has 4 rings (SSSR count). The van der Waals surface area contributed by atoms with Crippen LogP contribution in [0.1, 0.15) is 68.0 Å². The zero-order valence-electron chi connectivity index (χ0n) is 22.1. The largest absolute Gasteiger partial charge is 0.507 e. The number of hydrogen-bond acceptors (Lipinski definition) is 5. The Morgan fingerprint density at radius 1 is 1.08 bits per heavy atom. The molecule has 1 atom stereocenters. The molecule has 2 aromatic carbocycles. The van der Waals surface area contributed by atoms with Crippen LogP contribution in [0.3, 0.4) is 0 Å². The third-order valence-corrected chi connectivity index (χ3v) is 6.62. The molecule has 0 radical (unpaired) electrons. The molecule has 1 fully saturated rings. The molecular formula is C31H34N2O4. The number of hydrogen-bond donors (Lipinski definition) is 1. The topological polar surface area (TPSA) is 79.7 Å². The van der Waals surface area contributed by atoms with Crippen LogP contribution >= 0.6 is 0 Å². The van der Waals surface area contributed by atoms with Crippen LogP contribution in [0.2, 0.25) is 0 Å². The number of aryl methyl sites for hydroxylation is 1. The Morgan fingerprint density at radius 3 is 2.41 bits per heavy atom. The molecule has 0 aliphatic carbocycles. The van der Waals surface area contributed by atoms with E-state index in [0.717, 1.165) is 34.4 Å². The lowest BCUT2D eigenvalue weighted by molar-refractivity contribution is -0.140. The van der Waals surface area contributed by atoms with Crippen molar-refractivity contribution >= 4 is 17.4 Å². The average molecular weight is 499 g/mol. The van der Waals surface area contributed by atoms with E-state index < -0.39 is 17.7 Å². The minimum absolute atomic E-state index is 0.0465. The first-order chi connectivity index (χ1) is 17.6. The van der Waals surface area contributed by atoms with Gasteiger partial charge in [-0.25, -0.2) is 0 Å². The van der Waals surface area contributed by atoms with E-state index in [4.69, 9.17) is 4.74 Å². The smallest absolute Gasteiger partial charge is 0.295 e. The number of aliphatic hydroxyl groups is 1. The van der Waals surface area contributed by atoms with Gasteiger partial charge in [-0.05, 0) is 65.3 Å². The van der Waals surface area contributed by atoms with E-state index in [1.165, 1.54) is 4.90 Å². The van der Waals surface area contributed by atoms with Crippen molar-refractivity contribution in [3.8, 4) is 5.75 Å². The van der Waals surface area contributed by atoms with E-state index in [1.54, 1.807) is 36.7 Å². The number of rotatable bonds is 7. The zero-order valence-corrected chi connectivity index (χ0v) is 22.1. The number of Topliss-reactive ketones (excluding diaryl/α,β-unsaturated/α-hetero) is 1. The van der Waals surface area contributed by atoms with Gasteiger partial charge in [-0.1, -0.05) is 58.0 Å². The molecular weight excluding hydrogens is 464 g/mol. The predicted molar refractivity (Wildman–Crippen MR) is 144 cm³/mol. The minimum atomic E-state index is -0.731. The number of ketones is 1. The second kappa shape index (κ2) is 10.6. The quantitative estimate of drug-likeness (QED) is 0.242. The summed E-state index contributed by atoms with van der Waals surface area (Å²) in [5, 5.41) is 11.4. The van der Waals surface area contributed by atoms with Crippen LogP contribution in [0.5, 0.6) is 5.75 Å². The molecule has 1 amide bonds. The van der Waals surface area contributed by atoms with Gasteiger partial charge in [-0.15, -0.1) is 0 Å². The fraction of sp³-hybridized carbons (Fsp3) is 0.323. The summed E-state index contributed by atoms with van der Waals surface area (Å²) in [6, 6.07) is 16.1. The monoisotopic (exact) mass is 498 g/mol. The maximum absolute atomic E-state index is 13.4. The highest BCUT2D eigenvalue weighted by molar-refractivity contribution is 6.46. The lowest BCUT2D eigenvalue weighted by atomic mass is 9.85. The van der Waals surface area contributed by atoms with Gasteiger partial charge in [0.05, 0.1) is 18.2 Å². The van der Waals surface area contributed by atoms with Crippen molar-refractivity contribution in [2.45, 2.75) is 59.0 Å². The van der Waals surface area contributed by atoms with E-state index >= 15 is 0 Å². The van der Waals surface area contributed by atoms with Crippen molar-refractivity contribution in [2.75, 3.05) is 6.61 Å². The van der Waals surface area contributed by atoms with Crippen molar-refractivity contribution in [3.63, 3.8) is 0 Å². The van der Waals surface area contributed by atoms with Gasteiger partial charge in [0.25, 0.3) is 11.7 Å². The molecule has 1 aliphatic rings. The van der Waals surface area contributed by atoms with Gasteiger partial charge in [0.1, 0.15) is 11.5 Å². The first-order valence-electron chi connectivity index (χ1n) is 12.6. The normalized spacial score (nSPS) is 17.3. The minimum Gasteiger partial charge on any atom is -0.507 e. The zero-order chi connectivity index (χ0) is 26.7. The summed E-state index contributed by atoms with van der Waals surface area (Å²) >= 11 is 0. The molecule has 3 aromatic rings. The molecule has 1 N–H and O–H groups in total. The van der Waals surface area contributed by atoms with Gasteiger partial charge in [-0.3, -0.25) is 14.6 Å². The van der Waals surface area contributed by atoms with Crippen molar-refractivity contribution in [2.24, 2.45) is 0 Å². The Labute approximate surface area is 218 Å². The van der Waals surface area contributed by atoms with E-state index in [2.05, 4.69) is 25.8 Å². The Kier molecular flexibility index (Phi) is 7.48. The number of aromatic nitrogens is 1. The van der Waals surface area contributed by atoms with Gasteiger partial charge < -0.3 is 14.7 Å². The van der Waals surface area contributed by atoms with Crippen LogP contribution in [0.4, 0.5) is 0 Å². The predicted octanol–water partition coefficient (Wildman–Crippen LogP) is 6.10. The third kappa shape index (κ3) is 5.43. The molecule has 6 nitrogen and oxygen atoms in total. The highest BCUT2D eigenvalue weighted by atomic mass is 16.5. The highest BCUT2D eigenvalue weighted by Crippen LogP contribution is 2.41. The number of likely N-dealkylation sites (tertiary alicyclic amines) is 1. The molecule has 0 spiro atoms. The molecule has 192 valence electrons. The number of pyridine rings is 1. The Morgan fingerprint density at radius 2 is 1.81 bits per heavy atom. The number of carbonyl (C=O) groups is 2. The van der Waals surface area contributed by atoms with E-state index in [-0.39, 0.29) is 23.3 Å². The number of aliphatic hydroxyl groups excluding tert-OH is 1. The van der Waals surface area contributed by atoms with Crippen molar-refractivity contribution < 1.29 is 19.4 Å². The van der Waals surface area contributed by atoms with E-state index in [1.807, 2.05) is 44.2 Å². The molecule has 0 saturated carbocycles. The van der Waals surface area contributed by atoms with Crippen molar-refractivity contribution in [3.05, 3.63) is 100 Å². The summed E-state index contributed by atoms with van der Waals surface area (Å²) in [6.07, 6.45) is 4.23. The molecule has 37 heavy (non-hydrogen) atoms. The average Bonchev–Trinajstić information content (AvgIpc) is 3.12. The lowest BCUT2D eigenvalue weighted by Crippen LogP contribution is -2.29. The number of benzene rings is 2. The van der Waals surface area contributed by atoms with E-state index in [0.29, 0.717) is 12.2 Å². The standard InChI is InChI=1S/C31H34N2O4/c1-6-16-37-25-14-11-23(17-20(25)2)28(34)26-27(22-9-12-24(13-10-22)31(3,4)5)33(30(36)29(26)35)19-21-8-7-15-32-18-21/h7-15,17-18,27,34H,6,16,19H2,1-5H3/b28-26-. The number of ether oxygens (including phenoxy) is 1.